The van der Waals surface area contributed by atoms with Crippen molar-refractivity contribution in [1.82, 2.24) is 0 Å². The lowest BCUT2D eigenvalue weighted by Gasteiger charge is -2.06. The van der Waals surface area contributed by atoms with Crippen LogP contribution in [0.25, 0.3) is 0 Å². The summed E-state index contributed by atoms with van der Waals surface area (Å²) in [6, 6.07) is 0. The summed E-state index contributed by atoms with van der Waals surface area (Å²) in [4.78, 5) is 8.92. The minimum atomic E-state index is 0.156. The fraction of sp³-hybridized carbons (Fsp3) is 0.714. The predicted octanol–water partition coefficient (Wildman–Crippen LogP) is 1.19. The van der Waals surface area contributed by atoms with Gasteiger partial charge in [-0.1, -0.05) is 6.58 Å². The van der Waals surface area contributed by atoms with Crippen LogP contribution in [-0.2, 0) is 19.6 Å². The summed E-state index contributed by atoms with van der Waals surface area (Å²) < 4.78 is 5.25. The van der Waals surface area contributed by atoms with Crippen LogP contribution in [0.4, 0.5) is 0 Å². The molecule has 64 valence electrons. The van der Waals surface area contributed by atoms with Gasteiger partial charge in [0.15, 0.2) is 0 Å². The largest absolute Gasteiger partial charge is 0.376 e. The van der Waals surface area contributed by atoms with Crippen LogP contribution in [0.1, 0.15) is 12.8 Å². The standard InChI is InChI=1S/C7H12O4/c1-2-9-11-10-6-7-4-3-5-8-7/h2,7H,1,3-6H2. The summed E-state index contributed by atoms with van der Waals surface area (Å²) in [7, 11) is 0. The van der Waals surface area contributed by atoms with E-state index in [1.54, 1.807) is 0 Å². The second-order valence-electron chi connectivity index (χ2n) is 2.25. The van der Waals surface area contributed by atoms with Crippen LogP contribution >= 0.6 is 0 Å². The molecule has 11 heavy (non-hydrogen) atoms. The van der Waals surface area contributed by atoms with Crippen LogP contribution in [0.15, 0.2) is 12.8 Å². The molecule has 1 saturated heterocycles. The molecule has 1 rings (SSSR count). The molecule has 0 aromatic heterocycles. The molecule has 0 aromatic rings. The highest BCUT2D eigenvalue weighted by molar-refractivity contribution is 4.62. The van der Waals surface area contributed by atoms with Gasteiger partial charge in [0.2, 0.25) is 0 Å². The van der Waals surface area contributed by atoms with Crippen LogP contribution in [0.2, 0.25) is 0 Å². The van der Waals surface area contributed by atoms with Gasteiger partial charge in [0, 0.05) is 6.61 Å². The van der Waals surface area contributed by atoms with Crippen molar-refractivity contribution in [3.8, 4) is 0 Å². The summed E-state index contributed by atoms with van der Waals surface area (Å²) >= 11 is 0. The van der Waals surface area contributed by atoms with Gasteiger partial charge in [-0.2, -0.15) is 4.89 Å². The van der Waals surface area contributed by atoms with Crippen molar-refractivity contribution in [2.75, 3.05) is 13.2 Å². The zero-order valence-corrected chi connectivity index (χ0v) is 6.32. The molecule has 0 spiro atoms. The van der Waals surface area contributed by atoms with Gasteiger partial charge in [0.1, 0.15) is 12.9 Å². The highest BCUT2D eigenvalue weighted by atomic mass is 17.5. The minimum absolute atomic E-state index is 0.156. The minimum Gasteiger partial charge on any atom is -0.376 e. The maximum atomic E-state index is 5.25. The molecule has 1 aliphatic heterocycles. The first-order chi connectivity index (χ1) is 5.43. The van der Waals surface area contributed by atoms with E-state index in [2.05, 4.69) is 21.4 Å². The molecule has 0 bridgehead atoms. The topological polar surface area (TPSA) is 36.9 Å². The Morgan fingerprint density at radius 1 is 1.64 bits per heavy atom. The first kappa shape index (κ1) is 8.52. The Labute approximate surface area is 65.5 Å². The van der Waals surface area contributed by atoms with Crippen molar-refractivity contribution < 1.29 is 19.6 Å². The Balaban J connectivity index is 1.89. The van der Waals surface area contributed by atoms with E-state index in [1.165, 1.54) is 0 Å². The highest BCUT2D eigenvalue weighted by Crippen LogP contribution is 2.11. The molecule has 1 heterocycles. The lowest BCUT2D eigenvalue weighted by atomic mass is 10.2. The van der Waals surface area contributed by atoms with Gasteiger partial charge in [0.25, 0.3) is 0 Å². The molecule has 0 N–H and O–H groups in total. The smallest absolute Gasteiger partial charge is 0.125 e. The fourth-order valence-corrected chi connectivity index (χ4v) is 0.935. The molecule has 4 nitrogen and oxygen atoms in total. The van der Waals surface area contributed by atoms with Gasteiger partial charge in [-0.05, 0) is 17.9 Å². The van der Waals surface area contributed by atoms with Crippen LogP contribution < -0.4 is 0 Å². The molecule has 0 amide bonds. The van der Waals surface area contributed by atoms with Gasteiger partial charge >= 0.3 is 0 Å². The second-order valence-corrected chi connectivity index (χ2v) is 2.25. The summed E-state index contributed by atoms with van der Waals surface area (Å²) in [5.74, 6) is 0. The third kappa shape index (κ3) is 3.36. The summed E-state index contributed by atoms with van der Waals surface area (Å²) in [5, 5.41) is 4.25. The van der Waals surface area contributed by atoms with E-state index in [0.717, 1.165) is 25.7 Å². The Hall–Kier alpha value is -0.580. The number of ether oxygens (including phenoxy) is 1. The van der Waals surface area contributed by atoms with E-state index in [0.29, 0.717) is 6.61 Å². The molecule has 1 atom stereocenters. The van der Waals surface area contributed by atoms with Gasteiger partial charge in [-0.25, -0.2) is 0 Å². The number of rotatable bonds is 5. The Bertz CT molecular complexity index is 109. The van der Waals surface area contributed by atoms with Crippen LogP contribution in [0, 0.1) is 0 Å². The van der Waals surface area contributed by atoms with E-state index < -0.39 is 0 Å². The van der Waals surface area contributed by atoms with Gasteiger partial charge < -0.3 is 9.62 Å². The molecular weight excluding hydrogens is 148 g/mol. The van der Waals surface area contributed by atoms with E-state index in [9.17, 15) is 0 Å². The highest BCUT2D eigenvalue weighted by Gasteiger charge is 2.15. The maximum absolute atomic E-state index is 5.25. The second kappa shape index (κ2) is 5.12. The maximum Gasteiger partial charge on any atom is 0.125 e. The third-order valence-corrected chi connectivity index (χ3v) is 1.43. The summed E-state index contributed by atoms with van der Waals surface area (Å²) in [5.41, 5.74) is 0. The fourth-order valence-electron chi connectivity index (χ4n) is 0.935. The van der Waals surface area contributed by atoms with Crippen LogP contribution in [0.5, 0.6) is 0 Å². The Kier molecular flexibility index (Phi) is 3.96. The molecule has 0 aromatic carbocycles. The molecule has 0 saturated carbocycles. The van der Waals surface area contributed by atoms with Crippen molar-refractivity contribution in [1.29, 1.82) is 0 Å². The van der Waals surface area contributed by atoms with Crippen LogP contribution in [0.3, 0.4) is 0 Å². The molecule has 0 radical (unpaired) electrons. The summed E-state index contributed by atoms with van der Waals surface area (Å²) in [6.45, 7) is 4.50. The lowest BCUT2D eigenvalue weighted by Crippen LogP contribution is -2.13. The van der Waals surface area contributed by atoms with E-state index in [-0.39, 0.29) is 6.10 Å². The SMILES string of the molecule is C=COOOCC1CCCO1. The van der Waals surface area contributed by atoms with Crippen molar-refractivity contribution >= 4 is 0 Å². The van der Waals surface area contributed by atoms with Gasteiger partial charge in [-0.15, -0.1) is 0 Å². The number of hydrogen-bond acceptors (Lipinski definition) is 4. The molecule has 4 heteroatoms. The predicted molar refractivity (Wildman–Crippen MR) is 37.3 cm³/mol. The van der Waals surface area contributed by atoms with Crippen molar-refractivity contribution in [2.24, 2.45) is 0 Å². The zero-order valence-electron chi connectivity index (χ0n) is 6.32. The first-order valence-corrected chi connectivity index (χ1v) is 3.61. The first-order valence-electron chi connectivity index (χ1n) is 3.61. The molecule has 1 unspecified atom stereocenters. The molecule has 0 aliphatic carbocycles. The Morgan fingerprint density at radius 2 is 2.55 bits per heavy atom. The van der Waals surface area contributed by atoms with Crippen molar-refractivity contribution in [3.63, 3.8) is 0 Å². The van der Waals surface area contributed by atoms with Gasteiger partial charge in [0.05, 0.1) is 6.10 Å². The molecule has 1 fully saturated rings. The zero-order chi connectivity index (χ0) is 7.94. The van der Waals surface area contributed by atoms with E-state index >= 15 is 0 Å². The quantitative estimate of drug-likeness (QED) is 0.262. The Morgan fingerprint density at radius 3 is 3.18 bits per heavy atom. The van der Waals surface area contributed by atoms with Crippen LogP contribution in [-0.4, -0.2) is 19.3 Å². The van der Waals surface area contributed by atoms with Crippen molar-refractivity contribution in [3.05, 3.63) is 12.8 Å². The summed E-state index contributed by atoms with van der Waals surface area (Å²) in [6.07, 6.45) is 3.42. The van der Waals surface area contributed by atoms with Crippen molar-refractivity contribution in [2.45, 2.75) is 18.9 Å². The average molecular weight is 160 g/mol. The number of hydrogen-bond donors (Lipinski definition) is 0. The molecular formula is C7H12O4. The lowest BCUT2D eigenvalue weighted by molar-refractivity contribution is -0.493. The molecule has 1 aliphatic rings. The normalized spacial score (nSPS) is 23.5. The third-order valence-electron chi connectivity index (χ3n) is 1.43. The van der Waals surface area contributed by atoms with Gasteiger partial charge in [-0.3, -0.25) is 0 Å². The van der Waals surface area contributed by atoms with E-state index in [1.807, 2.05) is 0 Å². The van der Waals surface area contributed by atoms with E-state index in [4.69, 9.17) is 4.74 Å². The monoisotopic (exact) mass is 160 g/mol. The average Bonchev–Trinajstić information content (AvgIpc) is 2.50.